The van der Waals surface area contributed by atoms with E-state index < -0.39 is 0 Å². The van der Waals surface area contributed by atoms with Crippen molar-refractivity contribution in [2.24, 2.45) is 0 Å². The van der Waals surface area contributed by atoms with E-state index in [0.717, 1.165) is 24.5 Å². The molecule has 0 atom stereocenters. The molecule has 0 radical (unpaired) electrons. The fraction of sp³-hybridized carbons (Fsp3) is 0.769. The quantitative estimate of drug-likeness (QED) is 0.847. The zero-order chi connectivity index (χ0) is 13.1. The molecular weight excluding hydrogens is 230 g/mol. The van der Waals surface area contributed by atoms with Crippen molar-refractivity contribution in [2.45, 2.75) is 52.6 Å². The van der Waals surface area contributed by atoms with Gasteiger partial charge < -0.3 is 10.2 Å². The molecule has 0 aliphatic heterocycles. The molecule has 0 aliphatic carbocycles. The van der Waals surface area contributed by atoms with Crippen LogP contribution < -0.4 is 10.2 Å². The summed E-state index contributed by atoms with van der Waals surface area (Å²) >= 11 is 1.81. The van der Waals surface area contributed by atoms with Gasteiger partial charge in [0.1, 0.15) is 0 Å². The zero-order valence-corrected chi connectivity index (χ0v) is 12.7. The van der Waals surface area contributed by atoms with Gasteiger partial charge >= 0.3 is 0 Å². The standard InChI is InChI=1S/C13H25N3S/c1-7-10-11(9-14-5)17-12(15-10)16(6)13(3,4)8-2/h14H,7-9H2,1-6H3. The average Bonchev–Trinajstić information content (AvgIpc) is 2.71. The summed E-state index contributed by atoms with van der Waals surface area (Å²) in [7, 11) is 4.13. The molecule has 0 bridgehead atoms. The average molecular weight is 255 g/mol. The first-order valence-electron chi connectivity index (χ1n) is 6.33. The van der Waals surface area contributed by atoms with Crippen LogP contribution in [0, 0.1) is 0 Å². The van der Waals surface area contributed by atoms with Gasteiger partial charge in [-0.3, -0.25) is 0 Å². The molecule has 98 valence electrons. The van der Waals surface area contributed by atoms with Crippen molar-refractivity contribution in [1.29, 1.82) is 0 Å². The van der Waals surface area contributed by atoms with Crippen LogP contribution in [0.1, 0.15) is 44.7 Å². The van der Waals surface area contributed by atoms with Crippen molar-refractivity contribution in [2.75, 3.05) is 19.0 Å². The van der Waals surface area contributed by atoms with Crippen LogP contribution in [-0.4, -0.2) is 24.6 Å². The molecule has 0 saturated heterocycles. The van der Waals surface area contributed by atoms with Crippen LogP contribution in [-0.2, 0) is 13.0 Å². The van der Waals surface area contributed by atoms with E-state index in [1.807, 2.05) is 18.4 Å². The Morgan fingerprint density at radius 3 is 2.47 bits per heavy atom. The van der Waals surface area contributed by atoms with Crippen molar-refractivity contribution in [3.63, 3.8) is 0 Å². The summed E-state index contributed by atoms with van der Waals surface area (Å²) in [6.07, 6.45) is 2.12. The molecule has 0 spiro atoms. The first-order chi connectivity index (χ1) is 7.96. The molecule has 1 aromatic rings. The molecule has 0 unspecified atom stereocenters. The molecule has 3 nitrogen and oxygen atoms in total. The molecule has 0 saturated carbocycles. The monoisotopic (exact) mass is 255 g/mol. The third-order valence-electron chi connectivity index (χ3n) is 3.50. The number of aryl methyl sites for hydroxylation is 1. The molecule has 1 aromatic heterocycles. The van der Waals surface area contributed by atoms with E-state index in [-0.39, 0.29) is 5.54 Å². The molecule has 0 aromatic carbocycles. The summed E-state index contributed by atoms with van der Waals surface area (Å²) < 4.78 is 0. The van der Waals surface area contributed by atoms with Crippen LogP contribution in [0.2, 0.25) is 0 Å². The van der Waals surface area contributed by atoms with Gasteiger partial charge in [-0.1, -0.05) is 13.8 Å². The molecular formula is C13H25N3S. The maximum atomic E-state index is 4.77. The summed E-state index contributed by atoms with van der Waals surface area (Å²) in [5.41, 5.74) is 1.40. The second kappa shape index (κ2) is 5.83. The molecule has 1 N–H and O–H groups in total. The lowest BCUT2D eigenvalue weighted by Gasteiger charge is -2.34. The van der Waals surface area contributed by atoms with Gasteiger partial charge in [0.25, 0.3) is 0 Å². The van der Waals surface area contributed by atoms with Gasteiger partial charge in [0.2, 0.25) is 0 Å². The van der Waals surface area contributed by atoms with E-state index in [4.69, 9.17) is 4.98 Å². The molecule has 1 rings (SSSR count). The molecule has 4 heteroatoms. The van der Waals surface area contributed by atoms with E-state index >= 15 is 0 Å². The summed E-state index contributed by atoms with van der Waals surface area (Å²) in [5.74, 6) is 0. The minimum Gasteiger partial charge on any atom is -0.346 e. The Morgan fingerprint density at radius 2 is 2.00 bits per heavy atom. The summed E-state index contributed by atoms with van der Waals surface area (Å²) in [6, 6.07) is 0. The Bertz CT molecular complexity index is 358. The van der Waals surface area contributed by atoms with Crippen LogP contribution in [0.15, 0.2) is 0 Å². The Labute approximate surface area is 109 Å². The smallest absolute Gasteiger partial charge is 0.186 e. The lowest BCUT2D eigenvalue weighted by Crippen LogP contribution is -2.40. The molecule has 1 heterocycles. The summed E-state index contributed by atoms with van der Waals surface area (Å²) in [6.45, 7) is 9.83. The summed E-state index contributed by atoms with van der Waals surface area (Å²) in [5, 5.41) is 4.35. The van der Waals surface area contributed by atoms with Gasteiger partial charge in [-0.2, -0.15) is 0 Å². The van der Waals surface area contributed by atoms with Crippen molar-refractivity contribution in [3.05, 3.63) is 10.6 Å². The number of hydrogen-bond acceptors (Lipinski definition) is 4. The van der Waals surface area contributed by atoms with Crippen molar-refractivity contribution in [1.82, 2.24) is 10.3 Å². The largest absolute Gasteiger partial charge is 0.346 e. The molecule has 0 fully saturated rings. The minimum atomic E-state index is 0.166. The van der Waals surface area contributed by atoms with E-state index in [1.54, 1.807) is 0 Å². The second-order valence-electron chi connectivity index (χ2n) is 4.98. The first-order valence-corrected chi connectivity index (χ1v) is 7.14. The number of nitrogens with one attached hydrogen (secondary N) is 1. The predicted octanol–water partition coefficient (Wildman–Crippen LogP) is 3.05. The Morgan fingerprint density at radius 1 is 1.35 bits per heavy atom. The van der Waals surface area contributed by atoms with E-state index in [1.165, 1.54) is 10.6 Å². The van der Waals surface area contributed by atoms with Gasteiger partial charge in [-0.25, -0.2) is 4.98 Å². The van der Waals surface area contributed by atoms with Crippen LogP contribution >= 0.6 is 11.3 Å². The maximum Gasteiger partial charge on any atom is 0.186 e. The Hall–Kier alpha value is -0.610. The van der Waals surface area contributed by atoms with Gasteiger partial charge in [-0.05, 0) is 33.7 Å². The fourth-order valence-corrected chi connectivity index (χ4v) is 2.87. The molecule has 0 aliphatic rings. The third kappa shape index (κ3) is 3.19. The van der Waals surface area contributed by atoms with Crippen LogP contribution in [0.25, 0.3) is 0 Å². The lowest BCUT2D eigenvalue weighted by molar-refractivity contribution is 0.470. The predicted molar refractivity (Wildman–Crippen MR) is 77.0 cm³/mol. The highest BCUT2D eigenvalue weighted by Crippen LogP contribution is 2.31. The van der Waals surface area contributed by atoms with Crippen LogP contribution in [0.5, 0.6) is 0 Å². The van der Waals surface area contributed by atoms with Gasteiger partial charge in [-0.15, -0.1) is 11.3 Å². The van der Waals surface area contributed by atoms with Gasteiger partial charge in [0.15, 0.2) is 5.13 Å². The summed E-state index contributed by atoms with van der Waals surface area (Å²) in [4.78, 5) is 8.43. The normalized spacial score (nSPS) is 11.9. The third-order valence-corrected chi connectivity index (χ3v) is 4.67. The van der Waals surface area contributed by atoms with Crippen molar-refractivity contribution in [3.8, 4) is 0 Å². The highest BCUT2D eigenvalue weighted by Gasteiger charge is 2.24. The van der Waals surface area contributed by atoms with Crippen molar-refractivity contribution >= 4 is 16.5 Å². The number of aromatic nitrogens is 1. The SMILES string of the molecule is CCc1nc(N(C)C(C)(C)CC)sc1CNC. The zero-order valence-electron chi connectivity index (χ0n) is 11.9. The number of hydrogen-bond donors (Lipinski definition) is 1. The lowest BCUT2D eigenvalue weighted by atomic mass is 10.0. The van der Waals surface area contributed by atoms with Crippen molar-refractivity contribution < 1.29 is 0 Å². The molecule has 0 amide bonds. The Kier molecular flexibility index (Phi) is 4.95. The van der Waals surface area contributed by atoms with E-state index in [9.17, 15) is 0 Å². The number of nitrogens with zero attached hydrogens (tertiary/aromatic N) is 2. The van der Waals surface area contributed by atoms with Gasteiger partial charge in [0.05, 0.1) is 5.69 Å². The Balaban J connectivity index is 2.99. The highest BCUT2D eigenvalue weighted by molar-refractivity contribution is 7.15. The number of rotatable bonds is 6. The van der Waals surface area contributed by atoms with Gasteiger partial charge in [0, 0.05) is 24.0 Å². The second-order valence-corrected chi connectivity index (χ2v) is 6.04. The van der Waals surface area contributed by atoms with Crippen LogP contribution in [0.4, 0.5) is 5.13 Å². The van der Waals surface area contributed by atoms with E-state index in [2.05, 4.69) is 45.0 Å². The number of thiazole rings is 1. The topological polar surface area (TPSA) is 28.2 Å². The fourth-order valence-electron chi connectivity index (χ4n) is 1.58. The highest BCUT2D eigenvalue weighted by atomic mass is 32.1. The minimum absolute atomic E-state index is 0.166. The molecule has 17 heavy (non-hydrogen) atoms. The maximum absolute atomic E-state index is 4.77. The van der Waals surface area contributed by atoms with E-state index in [0.29, 0.717) is 0 Å². The number of anilines is 1. The van der Waals surface area contributed by atoms with Crippen LogP contribution in [0.3, 0.4) is 0 Å². The first kappa shape index (κ1) is 14.5.